The van der Waals surface area contributed by atoms with E-state index in [1.54, 1.807) is 0 Å². The predicted octanol–water partition coefficient (Wildman–Crippen LogP) is 3.01. The number of alkyl halides is 3. The molecule has 0 radical (unpaired) electrons. The van der Waals surface area contributed by atoms with E-state index in [2.05, 4.69) is 31.0 Å². The summed E-state index contributed by atoms with van der Waals surface area (Å²) in [6.45, 7) is -2.16. The van der Waals surface area contributed by atoms with E-state index in [0.717, 1.165) is 0 Å². The molecule has 0 aromatic carbocycles. The zero-order valence-electron chi connectivity index (χ0n) is 8.72. The molecule has 9 heteroatoms. The Balaban J connectivity index is 2.42. The van der Waals surface area contributed by atoms with Crippen LogP contribution < -0.4 is 5.32 Å². The maximum atomic E-state index is 11.7. The van der Waals surface area contributed by atoms with Gasteiger partial charge in [-0.2, -0.15) is 13.2 Å². The highest BCUT2D eigenvalue weighted by molar-refractivity contribution is 9.10. The van der Waals surface area contributed by atoms with Crippen LogP contribution in [0.1, 0.15) is 0 Å². The lowest BCUT2D eigenvalue weighted by Gasteiger charge is -2.08. The fourth-order valence-corrected chi connectivity index (χ4v) is 1.40. The number of rotatable bonds is 4. The van der Waals surface area contributed by atoms with Crippen molar-refractivity contribution in [2.75, 3.05) is 18.5 Å². The molecular weight excluding hydrogens is 340 g/mol. The quantitative estimate of drug-likeness (QED) is 0.852. The van der Waals surface area contributed by atoms with E-state index in [1.165, 1.54) is 12.3 Å². The summed E-state index contributed by atoms with van der Waals surface area (Å²) in [6.07, 6.45) is -3.18. The molecular formula is C9H7BrClF3N2O2. The molecule has 0 aliphatic rings. The van der Waals surface area contributed by atoms with Gasteiger partial charge in [0.1, 0.15) is 18.4 Å². The molecule has 0 aliphatic carbocycles. The smallest absolute Gasteiger partial charge is 0.362 e. The summed E-state index contributed by atoms with van der Waals surface area (Å²) in [6, 6.07) is 1.47. The van der Waals surface area contributed by atoms with Crippen LogP contribution in [-0.2, 0) is 9.53 Å². The van der Waals surface area contributed by atoms with Crippen molar-refractivity contribution >= 4 is 39.1 Å². The predicted molar refractivity (Wildman–Crippen MR) is 62.5 cm³/mol. The highest BCUT2D eigenvalue weighted by Gasteiger charge is 2.27. The van der Waals surface area contributed by atoms with Crippen LogP contribution in [0.2, 0.25) is 5.15 Å². The number of hydrogen-bond donors (Lipinski definition) is 1. The standard InChI is InChI=1S/C9H7BrClF3N2O2/c10-6-1-5(2-15-8(6)11)16-7(17)3-18-4-9(12,13)14/h1-2H,3-4H2,(H,16,17). The van der Waals surface area contributed by atoms with Crippen LogP contribution in [0.15, 0.2) is 16.7 Å². The topological polar surface area (TPSA) is 51.2 Å². The average molecular weight is 348 g/mol. The van der Waals surface area contributed by atoms with Gasteiger partial charge in [0.15, 0.2) is 0 Å². The van der Waals surface area contributed by atoms with Crippen LogP contribution in [-0.4, -0.2) is 30.3 Å². The van der Waals surface area contributed by atoms with E-state index in [1.807, 2.05) is 0 Å². The minimum absolute atomic E-state index is 0.210. The van der Waals surface area contributed by atoms with Crippen molar-refractivity contribution in [3.05, 3.63) is 21.9 Å². The van der Waals surface area contributed by atoms with E-state index in [-0.39, 0.29) is 5.15 Å². The van der Waals surface area contributed by atoms with Gasteiger partial charge in [-0.15, -0.1) is 0 Å². The fraction of sp³-hybridized carbons (Fsp3) is 0.333. The first kappa shape index (κ1) is 15.2. The van der Waals surface area contributed by atoms with Crippen LogP contribution >= 0.6 is 27.5 Å². The number of pyridine rings is 1. The van der Waals surface area contributed by atoms with Gasteiger partial charge in [0.2, 0.25) is 5.91 Å². The van der Waals surface area contributed by atoms with E-state index in [4.69, 9.17) is 11.6 Å². The van der Waals surface area contributed by atoms with Crippen LogP contribution in [0.5, 0.6) is 0 Å². The SMILES string of the molecule is O=C(COCC(F)(F)F)Nc1cnc(Cl)c(Br)c1. The summed E-state index contributed by atoms with van der Waals surface area (Å²) in [7, 11) is 0. The van der Waals surface area contributed by atoms with Gasteiger partial charge in [-0.1, -0.05) is 11.6 Å². The number of nitrogens with one attached hydrogen (secondary N) is 1. The van der Waals surface area contributed by atoms with Gasteiger partial charge in [-0.25, -0.2) is 4.98 Å². The first-order valence-corrected chi connectivity index (χ1v) is 5.70. The number of amides is 1. The third-order valence-corrected chi connectivity index (χ3v) is 2.71. The summed E-state index contributed by atoms with van der Waals surface area (Å²) in [5.74, 6) is -0.713. The fourth-order valence-electron chi connectivity index (χ4n) is 0.946. The number of nitrogens with zero attached hydrogens (tertiary/aromatic N) is 1. The number of anilines is 1. The molecule has 0 spiro atoms. The number of hydrogen-bond acceptors (Lipinski definition) is 3. The summed E-state index contributed by atoms with van der Waals surface area (Å²) >= 11 is 8.72. The second kappa shape index (κ2) is 6.35. The molecule has 0 atom stereocenters. The molecule has 0 aliphatic heterocycles. The zero-order valence-corrected chi connectivity index (χ0v) is 11.1. The maximum Gasteiger partial charge on any atom is 0.411 e. The maximum absolute atomic E-state index is 11.7. The summed E-state index contributed by atoms with van der Waals surface area (Å²) in [5, 5.41) is 2.52. The monoisotopic (exact) mass is 346 g/mol. The number of aromatic nitrogens is 1. The van der Waals surface area contributed by atoms with Crippen LogP contribution in [0, 0.1) is 0 Å². The lowest BCUT2D eigenvalue weighted by atomic mass is 10.4. The molecule has 0 unspecified atom stereocenters. The summed E-state index contributed by atoms with van der Waals surface area (Å²) in [5.41, 5.74) is 0.298. The van der Waals surface area contributed by atoms with Crippen molar-refractivity contribution in [3.8, 4) is 0 Å². The normalized spacial score (nSPS) is 11.4. The minimum atomic E-state index is -4.45. The first-order valence-electron chi connectivity index (χ1n) is 4.53. The molecule has 100 valence electrons. The first-order chi connectivity index (χ1) is 8.28. The van der Waals surface area contributed by atoms with Gasteiger partial charge >= 0.3 is 6.18 Å². The highest BCUT2D eigenvalue weighted by atomic mass is 79.9. The lowest BCUT2D eigenvalue weighted by molar-refractivity contribution is -0.174. The van der Waals surface area contributed by atoms with Gasteiger partial charge in [0.25, 0.3) is 0 Å². The summed E-state index contributed by atoms with van der Waals surface area (Å²) in [4.78, 5) is 14.9. The zero-order chi connectivity index (χ0) is 13.8. The second-order valence-corrected chi connectivity index (χ2v) is 4.37. The Kier molecular flexibility index (Phi) is 5.36. The van der Waals surface area contributed by atoms with E-state index >= 15 is 0 Å². The number of ether oxygens (including phenoxy) is 1. The Labute approximate surface area is 114 Å². The second-order valence-electron chi connectivity index (χ2n) is 3.15. The number of carbonyl (C=O) groups is 1. The van der Waals surface area contributed by atoms with Gasteiger partial charge in [-0.3, -0.25) is 4.79 Å². The molecule has 0 fully saturated rings. The third kappa shape index (κ3) is 5.65. The Morgan fingerprint density at radius 2 is 2.22 bits per heavy atom. The average Bonchev–Trinajstić information content (AvgIpc) is 2.21. The van der Waals surface area contributed by atoms with Crippen LogP contribution in [0.4, 0.5) is 18.9 Å². The molecule has 1 N–H and O–H groups in total. The molecule has 4 nitrogen and oxygen atoms in total. The van der Waals surface area contributed by atoms with Gasteiger partial charge in [0.05, 0.1) is 16.4 Å². The number of carbonyl (C=O) groups excluding carboxylic acids is 1. The molecule has 0 saturated carbocycles. The molecule has 18 heavy (non-hydrogen) atoms. The van der Waals surface area contributed by atoms with Gasteiger partial charge < -0.3 is 10.1 Å². The van der Waals surface area contributed by atoms with Crippen LogP contribution in [0.3, 0.4) is 0 Å². The molecule has 1 heterocycles. The van der Waals surface area contributed by atoms with Gasteiger partial charge in [0, 0.05) is 0 Å². The molecule has 1 amide bonds. The lowest BCUT2D eigenvalue weighted by Crippen LogP contribution is -2.24. The summed E-state index contributed by atoms with van der Waals surface area (Å²) < 4.78 is 39.9. The highest BCUT2D eigenvalue weighted by Crippen LogP contribution is 2.22. The van der Waals surface area contributed by atoms with Crippen molar-refractivity contribution in [3.63, 3.8) is 0 Å². The largest absolute Gasteiger partial charge is 0.411 e. The van der Waals surface area contributed by atoms with E-state index < -0.39 is 25.3 Å². The van der Waals surface area contributed by atoms with Crippen molar-refractivity contribution < 1.29 is 22.7 Å². The molecule has 1 aromatic heterocycles. The Morgan fingerprint density at radius 3 is 2.78 bits per heavy atom. The molecule has 0 bridgehead atoms. The van der Waals surface area contributed by atoms with Gasteiger partial charge in [-0.05, 0) is 22.0 Å². The number of halogens is 5. The van der Waals surface area contributed by atoms with Crippen molar-refractivity contribution in [1.82, 2.24) is 4.98 Å². The molecule has 0 saturated heterocycles. The van der Waals surface area contributed by atoms with Crippen molar-refractivity contribution in [1.29, 1.82) is 0 Å². The minimum Gasteiger partial charge on any atom is -0.362 e. The van der Waals surface area contributed by atoms with E-state index in [9.17, 15) is 18.0 Å². The Bertz CT molecular complexity index is 442. The van der Waals surface area contributed by atoms with E-state index in [0.29, 0.717) is 10.2 Å². The van der Waals surface area contributed by atoms with Crippen LogP contribution in [0.25, 0.3) is 0 Å². The third-order valence-electron chi connectivity index (χ3n) is 1.58. The van der Waals surface area contributed by atoms with Crippen molar-refractivity contribution in [2.45, 2.75) is 6.18 Å². The Hall–Kier alpha value is -0.860. The molecule has 1 aromatic rings. The Morgan fingerprint density at radius 1 is 1.56 bits per heavy atom. The molecule has 1 rings (SSSR count). The van der Waals surface area contributed by atoms with Crippen molar-refractivity contribution in [2.24, 2.45) is 0 Å².